The molecule has 0 bridgehead atoms. The van der Waals surface area contributed by atoms with Crippen LogP contribution in [0.4, 0.5) is 0 Å². The number of rotatable bonds is 3. The molecule has 0 aliphatic carbocycles. The van der Waals surface area contributed by atoms with E-state index < -0.39 is 0 Å². The van der Waals surface area contributed by atoms with Crippen LogP contribution in [0, 0.1) is 17.8 Å². The van der Waals surface area contributed by atoms with E-state index in [4.69, 9.17) is 10.5 Å². The van der Waals surface area contributed by atoms with Crippen molar-refractivity contribution in [2.75, 3.05) is 13.2 Å². The van der Waals surface area contributed by atoms with E-state index in [-0.39, 0.29) is 24.0 Å². The van der Waals surface area contributed by atoms with E-state index in [9.17, 15) is 4.79 Å². The molecule has 1 amide bonds. The van der Waals surface area contributed by atoms with Gasteiger partial charge in [0.25, 0.3) is 0 Å². The lowest BCUT2D eigenvalue weighted by Crippen LogP contribution is -2.33. The van der Waals surface area contributed by atoms with E-state index >= 15 is 0 Å². The minimum atomic E-state index is -0.0481. The third-order valence-electron chi connectivity index (χ3n) is 3.65. The number of carbonyl (C=O) groups excluding carboxylic acids is 1. The summed E-state index contributed by atoms with van der Waals surface area (Å²) in [6, 6.07) is 7.81. The normalized spacial score (nSPS) is 22.2. The van der Waals surface area contributed by atoms with Gasteiger partial charge in [-0.15, -0.1) is 0 Å². The Balaban J connectivity index is 1.99. The van der Waals surface area contributed by atoms with Gasteiger partial charge < -0.3 is 15.8 Å². The fraction of sp³-hybridized carbons (Fsp3) is 0.471. The smallest absolute Gasteiger partial charge is 0.226 e. The summed E-state index contributed by atoms with van der Waals surface area (Å²) >= 11 is 0. The van der Waals surface area contributed by atoms with Crippen LogP contribution >= 0.6 is 0 Å². The van der Waals surface area contributed by atoms with Crippen LogP contribution in [0.15, 0.2) is 24.3 Å². The first-order valence-corrected chi connectivity index (χ1v) is 7.31. The summed E-state index contributed by atoms with van der Waals surface area (Å²) in [6.07, 6.45) is 0.964. The molecule has 1 aliphatic heterocycles. The minimum absolute atomic E-state index is 0.0392. The van der Waals surface area contributed by atoms with Crippen LogP contribution in [-0.2, 0) is 9.53 Å². The zero-order valence-electron chi connectivity index (χ0n) is 12.6. The van der Waals surface area contributed by atoms with E-state index in [0.717, 1.165) is 17.5 Å². The highest BCUT2D eigenvalue weighted by molar-refractivity contribution is 5.79. The first-order valence-electron chi connectivity index (χ1n) is 7.31. The summed E-state index contributed by atoms with van der Waals surface area (Å²) in [6.45, 7) is 4.83. The maximum atomic E-state index is 12.2. The Morgan fingerprint density at radius 2 is 2.38 bits per heavy atom. The lowest BCUT2D eigenvalue weighted by Gasteiger charge is -2.17. The molecule has 1 saturated heterocycles. The van der Waals surface area contributed by atoms with Crippen molar-refractivity contribution in [3.63, 3.8) is 0 Å². The average Bonchev–Trinajstić information content (AvgIpc) is 2.92. The van der Waals surface area contributed by atoms with Crippen LogP contribution in [0.2, 0.25) is 0 Å². The summed E-state index contributed by atoms with van der Waals surface area (Å²) in [5.74, 6) is 5.86. The van der Waals surface area contributed by atoms with Crippen molar-refractivity contribution >= 4 is 5.91 Å². The molecule has 0 radical (unpaired) electrons. The molecular formula is C17H22N2O2. The molecule has 1 fully saturated rings. The van der Waals surface area contributed by atoms with Crippen LogP contribution in [0.1, 0.15) is 37.4 Å². The summed E-state index contributed by atoms with van der Waals surface area (Å²) in [5.41, 5.74) is 7.33. The number of nitrogens with two attached hydrogens (primary N) is 1. The molecule has 0 aromatic heterocycles. The first kappa shape index (κ1) is 15.6. The van der Waals surface area contributed by atoms with E-state index in [1.54, 1.807) is 0 Å². The third kappa shape index (κ3) is 4.32. The van der Waals surface area contributed by atoms with Gasteiger partial charge in [0.05, 0.1) is 31.2 Å². The first-order chi connectivity index (χ1) is 10.1. The van der Waals surface area contributed by atoms with Crippen molar-refractivity contribution in [1.29, 1.82) is 0 Å². The molecule has 4 heteroatoms. The van der Waals surface area contributed by atoms with Crippen LogP contribution in [0.25, 0.3) is 0 Å². The zero-order chi connectivity index (χ0) is 15.2. The Morgan fingerprint density at radius 1 is 1.57 bits per heavy atom. The molecule has 112 valence electrons. The van der Waals surface area contributed by atoms with E-state index in [1.807, 2.05) is 38.1 Å². The van der Waals surface area contributed by atoms with Crippen molar-refractivity contribution in [2.45, 2.75) is 32.4 Å². The Bertz CT molecular complexity index is 559. The van der Waals surface area contributed by atoms with Gasteiger partial charge in [-0.2, -0.15) is 0 Å². The van der Waals surface area contributed by atoms with Crippen LogP contribution in [0.3, 0.4) is 0 Å². The van der Waals surface area contributed by atoms with Gasteiger partial charge in [-0.1, -0.05) is 24.0 Å². The Hall–Kier alpha value is -1.83. The summed E-state index contributed by atoms with van der Waals surface area (Å²) in [7, 11) is 0. The van der Waals surface area contributed by atoms with E-state index in [0.29, 0.717) is 13.2 Å². The summed E-state index contributed by atoms with van der Waals surface area (Å²) in [4.78, 5) is 12.2. The van der Waals surface area contributed by atoms with E-state index in [1.165, 1.54) is 0 Å². The molecule has 4 nitrogen and oxygen atoms in total. The molecule has 21 heavy (non-hydrogen) atoms. The van der Waals surface area contributed by atoms with Crippen LogP contribution in [-0.4, -0.2) is 25.2 Å². The topological polar surface area (TPSA) is 64.4 Å². The van der Waals surface area contributed by atoms with Gasteiger partial charge >= 0.3 is 0 Å². The highest BCUT2D eigenvalue weighted by Gasteiger charge is 2.28. The molecule has 1 aromatic rings. The summed E-state index contributed by atoms with van der Waals surface area (Å²) < 4.78 is 5.45. The fourth-order valence-corrected chi connectivity index (χ4v) is 2.45. The van der Waals surface area contributed by atoms with Gasteiger partial charge in [-0.05, 0) is 38.0 Å². The standard InChI is InChI=1S/C17H22N2O2/c1-12-9-16(11-21-12)17(20)19-13(2)15-7-3-5-14(10-15)6-4-8-18/h3,5,7,10,12-13,16H,8-9,11,18H2,1-2H3,(H,19,20). The number of nitrogens with one attached hydrogen (secondary N) is 1. The second-order valence-corrected chi connectivity index (χ2v) is 5.44. The molecule has 3 N–H and O–H groups in total. The van der Waals surface area contributed by atoms with Crippen LogP contribution < -0.4 is 11.1 Å². The second-order valence-electron chi connectivity index (χ2n) is 5.44. The molecule has 3 unspecified atom stereocenters. The summed E-state index contributed by atoms with van der Waals surface area (Å²) in [5, 5.41) is 3.05. The van der Waals surface area contributed by atoms with Gasteiger partial charge in [-0.25, -0.2) is 0 Å². The quantitative estimate of drug-likeness (QED) is 0.830. The lowest BCUT2D eigenvalue weighted by molar-refractivity contribution is -0.125. The number of carbonyl (C=O) groups is 1. The zero-order valence-corrected chi connectivity index (χ0v) is 12.6. The van der Waals surface area contributed by atoms with Crippen molar-refractivity contribution in [3.05, 3.63) is 35.4 Å². The van der Waals surface area contributed by atoms with Crippen molar-refractivity contribution in [1.82, 2.24) is 5.32 Å². The Labute approximate surface area is 126 Å². The van der Waals surface area contributed by atoms with Crippen molar-refractivity contribution in [2.24, 2.45) is 11.7 Å². The van der Waals surface area contributed by atoms with Gasteiger partial charge in [0.1, 0.15) is 0 Å². The number of benzene rings is 1. The molecule has 0 saturated carbocycles. The molecule has 2 rings (SSSR count). The highest BCUT2D eigenvalue weighted by Crippen LogP contribution is 2.21. The highest BCUT2D eigenvalue weighted by atomic mass is 16.5. The van der Waals surface area contributed by atoms with Crippen molar-refractivity contribution in [3.8, 4) is 11.8 Å². The monoisotopic (exact) mass is 286 g/mol. The molecule has 1 heterocycles. The SMILES string of the molecule is CC1CC(C(=O)NC(C)c2cccc(C#CCN)c2)CO1. The Kier molecular flexibility index (Phi) is 5.38. The minimum Gasteiger partial charge on any atom is -0.378 e. The molecular weight excluding hydrogens is 264 g/mol. The van der Waals surface area contributed by atoms with Crippen molar-refractivity contribution < 1.29 is 9.53 Å². The predicted molar refractivity (Wildman–Crippen MR) is 82.5 cm³/mol. The molecule has 3 atom stereocenters. The number of hydrogen-bond donors (Lipinski definition) is 2. The van der Waals surface area contributed by atoms with Gasteiger partial charge in [0.2, 0.25) is 5.91 Å². The molecule has 0 spiro atoms. The lowest BCUT2D eigenvalue weighted by atomic mass is 10.0. The Morgan fingerprint density at radius 3 is 3.05 bits per heavy atom. The maximum Gasteiger partial charge on any atom is 0.226 e. The number of ether oxygens (including phenoxy) is 1. The third-order valence-corrected chi connectivity index (χ3v) is 3.65. The van der Waals surface area contributed by atoms with Gasteiger partial charge in [0, 0.05) is 5.56 Å². The average molecular weight is 286 g/mol. The maximum absolute atomic E-state index is 12.2. The fourth-order valence-electron chi connectivity index (χ4n) is 2.45. The molecule has 1 aromatic carbocycles. The van der Waals surface area contributed by atoms with Gasteiger partial charge in [-0.3, -0.25) is 4.79 Å². The van der Waals surface area contributed by atoms with E-state index in [2.05, 4.69) is 17.2 Å². The predicted octanol–water partition coefficient (Wildman–Crippen LogP) is 1.60. The molecule has 1 aliphatic rings. The second kappa shape index (κ2) is 7.26. The van der Waals surface area contributed by atoms with Gasteiger partial charge in [0.15, 0.2) is 0 Å². The van der Waals surface area contributed by atoms with Crippen LogP contribution in [0.5, 0.6) is 0 Å². The number of amides is 1. The largest absolute Gasteiger partial charge is 0.378 e. The number of hydrogen-bond acceptors (Lipinski definition) is 3.